The SMILES string of the molecule is Cc1ccc(C)c(Oc2ccc(CNC(=O)CCCNC(=O)c3ccc(Cl)cc3)cn2)c1. The molecule has 2 N–H and O–H groups in total. The fourth-order valence-electron chi connectivity index (χ4n) is 2.95. The maximum atomic E-state index is 12.1. The quantitative estimate of drug-likeness (QED) is 0.450. The third-order valence-electron chi connectivity index (χ3n) is 4.82. The van der Waals surface area contributed by atoms with Crippen LogP contribution in [-0.2, 0) is 11.3 Å². The number of aryl methyl sites for hydroxylation is 2. The molecule has 0 aliphatic heterocycles. The highest BCUT2D eigenvalue weighted by Gasteiger charge is 2.07. The number of halogens is 1. The second-order valence-electron chi connectivity index (χ2n) is 7.52. The summed E-state index contributed by atoms with van der Waals surface area (Å²) in [7, 11) is 0. The summed E-state index contributed by atoms with van der Waals surface area (Å²) in [6.45, 7) is 4.80. The molecule has 6 nitrogen and oxygen atoms in total. The molecule has 0 saturated heterocycles. The molecule has 0 radical (unpaired) electrons. The van der Waals surface area contributed by atoms with Gasteiger partial charge in [0.1, 0.15) is 5.75 Å². The van der Waals surface area contributed by atoms with Crippen LogP contribution < -0.4 is 15.4 Å². The third-order valence-corrected chi connectivity index (χ3v) is 5.07. The molecule has 1 aromatic heterocycles. The fraction of sp³-hybridized carbons (Fsp3) is 0.240. The minimum absolute atomic E-state index is 0.0820. The van der Waals surface area contributed by atoms with Gasteiger partial charge in [-0.2, -0.15) is 0 Å². The summed E-state index contributed by atoms with van der Waals surface area (Å²) in [5.74, 6) is 1.02. The maximum absolute atomic E-state index is 12.1. The summed E-state index contributed by atoms with van der Waals surface area (Å²) in [4.78, 5) is 28.4. The van der Waals surface area contributed by atoms with Crippen molar-refractivity contribution < 1.29 is 14.3 Å². The first kappa shape index (κ1) is 23.3. The molecule has 1 heterocycles. The van der Waals surface area contributed by atoms with E-state index < -0.39 is 0 Å². The van der Waals surface area contributed by atoms with E-state index in [4.69, 9.17) is 16.3 Å². The zero-order chi connectivity index (χ0) is 22.9. The lowest BCUT2D eigenvalue weighted by Crippen LogP contribution is -2.27. The fourth-order valence-corrected chi connectivity index (χ4v) is 3.08. The molecule has 7 heteroatoms. The van der Waals surface area contributed by atoms with Crippen LogP contribution in [-0.4, -0.2) is 23.3 Å². The molecule has 32 heavy (non-hydrogen) atoms. The predicted octanol–water partition coefficient (Wildman–Crippen LogP) is 4.97. The van der Waals surface area contributed by atoms with E-state index in [-0.39, 0.29) is 11.8 Å². The first-order valence-electron chi connectivity index (χ1n) is 10.4. The van der Waals surface area contributed by atoms with Gasteiger partial charge in [-0.25, -0.2) is 4.98 Å². The summed E-state index contributed by atoms with van der Waals surface area (Å²) < 4.78 is 5.85. The Bertz CT molecular complexity index is 1070. The van der Waals surface area contributed by atoms with Crippen LogP contribution in [0.15, 0.2) is 60.8 Å². The summed E-state index contributed by atoms with van der Waals surface area (Å²) >= 11 is 5.82. The number of rotatable bonds is 9. The van der Waals surface area contributed by atoms with E-state index in [9.17, 15) is 9.59 Å². The van der Waals surface area contributed by atoms with E-state index in [1.807, 2.05) is 38.1 Å². The Balaban J connectivity index is 1.37. The Morgan fingerprint density at radius 3 is 2.50 bits per heavy atom. The molecule has 2 amide bonds. The lowest BCUT2D eigenvalue weighted by Gasteiger charge is -2.10. The van der Waals surface area contributed by atoms with Crippen LogP contribution in [0.25, 0.3) is 0 Å². The van der Waals surface area contributed by atoms with Gasteiger partial charge in [0.05, 0.1) is 0 Å². The number of carbonyl (C=O) groups excluding carboxylic acids is 2. The topological polar surface area (TPSA) is 80.3 Å². The molecule has 0 saturated carbocycles. The number of hydrogen-bond acceptors (Lipinski definition) is 4. The summed E-state index contributed by atoms with van der Waals surface area (Å²) in [5, 5.41) is 6.24. The minimum atomic E-state index is -0.184. The van der Waals surface area contributed by atoms with E-state index in [2.05, 4.69) is 15.6 Å². The van der Waals surface area contributed by atoms with Gasteiger partial charge < -0.3 is 15.4 Å². The van der Waals surface area contributed by atoms with Crippen molar-refractivity contribution in [3.63, 3.8) is 0 Å². The number of ether oxygens (including phenoxy) is 1. The number of nitrogens with one attached hydrogen (secondary N) is 2. The van der Waals surface area contributed by atoms with Gasteiger partial charge in [0.15, 0.2) is 0 Å². The lowest BCUT2D eigenvalue weighted by atomic mass is 10.1. The molecule has 0 atom stereocenters. The first-order valence-corrected chi connectivity index (χ1v) is 10.8. The van der Waals surface area contributed by atoms with Gasteiger partial charge in [0.2, 0.25) is 11.8 Å². The summed E-state index contributed by atoms with van der Waals surface area (Å²) in [6.07, 6.45) is 2.56. The van der Waals surface area contributed by atoms with Crippen molar-refractivity contribution in [3.05, 3.63) is 88.1 Å². The van der Waals surface area contributed by atoms with Crippen LogP contribution in [0.4, 0.5) is 0 Å². The van der Waals surface area contributed by atoms with E-state index in [0.717, 1.165) is 22.4 Å². The summed E-state index contributed by atoms with van der Waals surface area (Å²) in [6, 6.07) is 16.3. The average molecular weight is 452 g/mol. The van der Waals surface area contributed by atoms with Gasteiger partial charge in [-0.05, 0) is 67.3 Å². The van der Waals surface area contributed by atoms with Crippen molar-refractivity contribution in [2.75, 3.05) is 6.54 Å². The molecule has 2 aromatic carbocycles. The van der Waals surface area contributed by atoms with Gasteiger partial charge in [-0.1, -0.05) is 29.8 Å². The van der Waals surface area contributed by atoms with Crippen LogP contribution in [0.3, 0.4) is 0 Å². The van der Waals surface area contributed by atoms with Crippen molar-refractivity contribution in [2.45, 2.75) is 33.2 Å². The molecular weight excluding hydrogens is 426 g/mol. The van der Waals surface area contributed by atoms with Crippen LogP contribution in [0, 0.1) is 13.8 Å². The average Bonchev–Trinajstić information content (AvgIpc) is 2.79. The lowest BCUT2D eigenvalue weighted by molar-refractivity contribution is -0.121. The van der Waals surface area contributed by atoms with Crippen molar-refractivity contribution >= 4 is 23.4 Å². The predicted molar refractivity (Wildman–Crippen MR) is 125 cm³/mol. The zero-order valence-electron chi connectivity index (χ0n) is 18.2. The Morgan fingerprint density at radius 2 is 1.78 bits per heavy atom. The molecule has 0 spiro atoms. The Hall–Kier alpha value is -3.38. The number of benzene rings is 2. The second-order valence-corrected chi connectivity index (χ2v) is 7.96. The van der Waals surface area contributed by atoms with Gasteiger partial charge in [0.25, 0.3) is 5.91 Å². The maximum Gasteiger partial charge on any atom is 0.251 e. The normalized spacial score (nSPS) is 10.5. The van der Waals surface area contributed by atoms with Gasteiger partial charge in [0, 0.05) is 42.4 Å². The van der Waals surface area contributed by atoms with Crippen LogP contribution in [0.2, 0.25) is 5.02 Å². The minimum Gasteiger partial charge on any atom is -0.439 e. The number of nitrogens with zero attached hydrogens (tertiary/aromatic N) is 1. The molecule has 0 aliphatic rings. The third kappa shape index (κ3) is 7.10. The van der Waals surface area contributed by atoms with Gasteiger partial charge >= 0.3 is 0 Å². The van der Waals surface area contributed by atoms with Crippen molar-refractivity contribution in [1.82, 2.24) is 15.6 Å². The molecule has 0 unspecified atom stereocenters. The highest BCUT2D eigenvalue weighted by molar-refractivity contribution is 6.30. The number of aromatic nitrogens is 1. The largest absolute Gasteiger partial charge is 0.439 e. The van der Waals surface area contributed by atoms with Crippen molar-refractivity contribution in [1.29, 1.82) is 0 Å². The Morgan fingerprint density at radius 1 is 1.00 bits per heavy atom. The Kier molecular flexibility index (Phi) is 8.22. The number of hydrogen-bond donors (Lipinski definition) is 2. The summed E-state index contributed by atoms with van der Waals surface area (Å²) in [5.41, 5.74) is 3.58. The second kappa shape index (κ2) is 11.3. The van der Waals surface area contributed by atoms with E-state index in [1.54, 1.807) is 36.5 Å². The van der Waals surface area contributed by atoms with E-state index in [1.165, 1.54) is 0 Å². The molecule has 3 rings (SSSR count). The van der Waals surface area contributed by atoms with Gasteiger partial charge in [-0.3, -0.25) is 9.59 Å². The number of pyridine rings is 1. The van der Waals surface area contributed by atoms with Gasteiger partial charge in [-0.15, -0.1) is 0 Å². The number of carbonyl (C=O) groups is 2. The van der Waals surface area contributed by atoms with Crippen molar-refractivity contribution in [2.24, 2.45) is 0 Å². The van der Waals surface area contributed by atoms with Crippen molar-refractivity contribution in [3.8, 4) is 11.6 Å². The molecular formula is C25H26ClN3O3. The van der Waals surface area contributed by atoms with E-state index >= 15 is 0 Å². The molecule has 3 aromatic rings. The number of amides is 2. The highest BCUT2D eigenvalue weighted by Crippen LogP contribution is 2.24. The molecule has 0 aliphatic carbocycles. The first-order chi connectivity index (χ1) is 15.4. The van der Waals surface area contributed by atoms with Crippen LogP contribution in [0.1, 0.15) is 39.9 Å². The smallest absolute Gasteiger partial charge is 0.251 e. The van der Waals surface area contributed by atoms with Crippen LogP contribution in [0.5, 0.6) is 11.6 Å². The zero-order valence-corrected chi connectivity index (χ0v) is 18.9. The molecule has 0 fully saturated rings. The monoisotopic (exact) mass is 451 g/mol. The molecule has 166 valence electrons. The molecule has 0 bridgehead atoms. The Labute approximate surface area is 193 Å². The van der Waals surface area contributed by atoms with E-state index in [0.29, 0.717) is 42.4 Å². The highest BCUT2D eigenvalue weighted by atomic mass is 35.5. The van der Waals surface area contributed by atoms with Crippen LogP contribution >= 0.6 is 11.6 Å². The standard InChI is InChI=1S/C25H26ClN3O3/c1-17-5-6-18(2)22(14-17)32-24-12-7-19(16-29-24)15-28-23(30)4-3-13-27-25(31)20-8-10-21(26)11-9-20/h5-12,14,16H,3-4,13,15H2,1-2H3,(H,27,31)(H,28,30).